The molecule has 0 spiro atoms. The minimum absolute atomic E-state index is 0.195. The number of hydrogen-bond donors (Lipinski definition) is 3. The second kappa shape index (κ2) is 16.1. The highest BCUT2D eigenvalue weighted by atomic mass is 16.6. The number of benzene rings is 1. The highest BCUT2D eigenvalue weighted by Gasteiger charge is 2.24. The van der Waals surface area contributed by atoms with Crippen LogP contribution in [-0.4, -0.2) is 42.8 Å². The molecule has 3 N–H and O–H groups in total. The highest BCUT2D eigenvalue weighted by molar-refractivity contribution is 5.85. The zero-order valence-corrected chi connectivity index (χ0v) is 22.3. The molecular weight excluding hydrogens is 458 g/mol. The largest absolute Gasteiger partial charge is 0.445 e. The van der Waals surface area contributed by atoms with Crippen LogP contribution < -0.4 is 16.0 Å². The zero-order valence-electron chi connectivity index (χ0n) is 22.3. The number of nitrogens with one attached hydrogen (secondary N) is 3. The third-order valence-electron chi connectivity index (χ3n) is 6.22. The number of unbranched alkanes of at least 4 members (excludes halogenated alkanes) is 1. The van der Waals surface area contributed by atoms with E-state index in [9.17, 15) is 14.4 Å². The molecule has 0 radical (unpaired) electrons. The lowest BCUT2D eigenvalue weighted by atomic mass is 9.86. The van der Waals surface area contributed by atoms with Gasteiger partial charge in [0.1, 0.15) is 18.2 Å². The fraction of sp³-hybridized carbons (Fsp3) is 0.679. The number of hydrogen-bond acceptors (Lipinski definition) is 5. The molecule has 8 nitrogen and oxygen atoms in total. The standard InChI is InChI=1S/C28H45N3O5/c1-28(2,3)36-27(34)31-24(25(32)29-20-12-17-22-13-6-4-7-14-22)18-10-11-19-30-26(33)35-21-23-15-8-5-9-16-23/h5,8-9,15-16,22,24H,4,6-7,10-14,17-21H2,1-3H3,(H,29,32)(H,30,33)(H,31,34)/t24-/m0/s1. The van der Waals surface area contributed by atoms with Crippen molar-refractivity contribution < 1.29 is 23.9 Å². The maximum atomic E-state index is 12.8. The van der Waals surface area contributed by atoms with E-state index in [1.165, 1.54) is 32.1 Å². The molecule has 0 bridgehead atoms. The third-order valence-corrected chi connectivity index (χ3v) is 6.22. The van der Waals surface area contributed by atoms with Gasteiger partial charge in [-0.3, -0.25) is 4.79 Å². The summed E-state index contributed by atoms with van der Waals surface area (Å²) < 4.78 is 10.5. The number of amides is 3. The Bertz CT molecular complexity index is 788. The predicted octanol–water partition coefficient (Wildman–Crippen LogP) is 5.45. The molecule has 0 aromatic heterocycles. The van der Waals surface area contributed by atoms with Gasteiger partial charge in [0.05, 0.1) is 0 Å². The van der Waals surface area contributed by atoms with Crippen LogP contribution in [0.25, 0.3) is 0 Å². The van der Waals surface area contributed by atoms with Crippen molar-refractivity contribution in [2.24, 2.45) is 5.92 Å². The maximum absolute atomic E-state index is 12.8. The van der Waals surface area contributed by atoms with Gasteiger partial charge in [0.25, 0.3) is 0 Å². The Morgan fingerprint density at radius 1 is 0.917 bits per heavy atom. The van der Waals surface area contributed by atoms with Gasteiger partial charge in [0, 0.05) is 13.1 Å². The summed E-state index contributed by atoms with van der Waals surface area (Å²) in [5, 5.41) is 8.43. The molecule has 0 aliphatic heterocycles. The molecule has 36 heavy (non-hydrogen) atoms. The second-order valence-electron chi connectivity index (χ2n) is 10.6. The van der Waals surface area contributed by atoms with Gasteiger partial charge >= 0.3 is 12.2 Å². The summed E-state index contributed by atoms with van der Waals surface area (Å²) in [7, 11) is 0. The zero-order chi connectivity index (χ0) is 26.2. The van der Waals surface area contributed by atoms with Crippen LogP contribution in [0.3, 0.4) is 0 Å². The molecule has 202 valence electrons. The number of alkyl carbamates (subject to hydrolysis) is 2. The summed E-state index contributed by atoms with van der Waals surface area (Å²) >= 11 is 0. The van der Waals surface area contributed by atoms with Crippen LogP contribution in [0.15, 0.2) is 30.3 Å². The number of ether oxygens (including phenoxy) is 2. The van der Waals surface area contributed by atoms with Crippen molar-refractivity contribution in [1.29, 1.82) is 0 Å². The van der Waals surface area contributed by atoms with Crippen molar-refractivity contribution in [1.82, 2.24) is 16.0 Å². The quantitative estimate of drug-likeness (QED) is 0.310. The van der Waals surface area contributed by atoms with E-state index in [4.69, 9.17) is 9.47 Å². The molecule has 1 fully saturated rings. The first kappa shape index (κ1) is 29.5. The molecular formula is C28H45N3O5. The normalized spacial score (nSPS) is 15.0. The Kier molecular flexibility index (Phi) is 13.1. The Morgan fingerprint density at radius 2 is 1.61 bits per heavy atom. The molecule has 1 aromatic carbocycles. The summed E-state index contributed by atoms with van der Waals surface area (Å²) in [6.45, 7) is 6.61. The number of rotatable bonds is 13. The van der Waals surface area contributed by atoms with E-state index >= 15 is 0 Å². The van der Waals surface area contributed by atoms with Crippen molar-refractivity contribution in [3.63, 3.8) is 0 Å². The predicted molar refractivity (Wildman–Crippen MR) is 140 cm³/mol. The van der Waals surface area contributed by atoms with Gasteiger partial charge in [-0.15, -0.1) is 0 Å². The lowest BCUT2D eigenvalue weighted by Crippen LogP contribution is -2.48. The molecule has 0 unspecified atom stereocenters. The van der Waals surface area contributed by atoms with Crippen LogP contribution in [0.5, 0.6) is 0 Å². The van der Waals surface area contributed by atoms with Gasteiger partial charge in [-0.1, -0.05) is 62.4 Å². The van der Waals surface area contributed by atoms with Crippen molar-refractivity contribution >= 4 is 18.1 Å². The van der Waals surface area contributed by atoms with Gasteiger partial charge in [0.15, 0.2) is 0 Å². The van der Waals surface area contributed by atoms with Crippen LogP contribution in [0.1, 0.15) is 90.5 Å². The molecule has 3 amide bonds. The smallest absolute Gasteiger partial charge is 0.408 e. The first-order chi connectivity index (χ1) is 17.2. The summed E-state index contributed by atoms with van der Waals surface area (Å²) in [4.78, 5) is 37.0. The lowest BCUT2D eigenvalue weighted by Gasteiger charge is -2.24. The van der Waals surface area contributed by atoms with Crippen LogP contribution in [-0.2, 0) is 20.9 Å². The Morgan fingerprint density at radius 3 is 2.31 bits per heavy atom. The van der Waals surface area contributed by atoms with E-state index in [0.717, 1.165) is 24.3 Å². The van der Waals surface area contributed by atoms with E-state index in [1.54, 1.807) is 20.8 Å². The minimum Gasteiger partial charge on any atom is -0.445 e. The third kappa shape index (κ3) is 13.4. The van der Waals surface area contributed by atoms with Crippen LogP contribution in [0.2, 0.25) is 0 Å². The Labute approximate surface area is 216 Å². The van der Waals surface area contributed by atoms with Crippen LogP contribution >= 0.6 is 0 Å². The monoisotopic (exact) mass is 503 g/mol. The summed E-state index contributed by atoms with van der Waals surface area (Å²) in [6, 6.07) is 8.81. The van der Waals surface area contributed by atoms with Crippen molar-refractivity contribution in [3.05, 3.63) is 35.9 Å². The molecule has 2 rings (SSSR count). The molecule has 8 heteroatoms. The Balaban J connectivity index is 1.70. The molecule has 1 aromatic rings. The van der Waals surface area contributed by atoms with E-state index < -0.39 is 23.8 Å². The second-order valence-corrected chi connectivity index (χ2v) is 10.6. The lowest BCUT2D eigenvalue weighted by molar-refractivity contribution is -0.123. The van der Waals surface area contributed by atoms with E-state index in [-0.39, 0.29) is 12.5 Å². The SMILES string of the molecule is CC(C)(C)OC(=O)N[C@@H](CCCCNC(=O)OCc1ccccc1)C(=O)NCCCC1CCCCC1. The van der Waals surface area contributed by atoms with Gasteiger partial charge in [0.2, 0.25) is 5.91 Å². The van der Waals surface area contributed by atoms with Gasteiger partial charge < -0.3 is 25.4 Å². The molecule has 1 aliphatic rings. The van der Waals surface area contributed by atoms with Crippen LogP contribution in [0.4, 0.5) is 9.59 Å². The Hall–Kier alpha value is -2.77. The topological polar surface area (TPSA) is 106 Å². The van der Waals surface area contributed by atoms with E-state index in [0.29, 0.717) is 32.4 Å². The first-order valence-corrected chi connectivity index (χ1v) is 13.4. The van der Waals surface area contributed by atoms with Gasteiger partial charge in [-0.05, 0) is 64.4 Å². The van der Waals surface area contributed by atoms with Gasteiger partial charge in [-0.25, -0.2) is 9.59 Å². The molecule has 1 aliphatic carbocycles. The van der Waals surface area contributed by atoms with Crippen molar-refractivity contribution in [3.8, 4) is 0 Å². The minimum atomic E-state index is -0.681. The molecule has 1 saturated carbocycles. The number of carbonyl (C=O) groups excluding carboxylic acids is 3. The fourth-order valence-corrected chi connectivity index (χ4v) is 4.36. The van der Waals surface area contributed by atoms with E-state index in [2.05, 4.69) is 16.0 Å². The van der Waals surface area contributed by atoms with Crippen molar-refractivity contribution in [2.75, 3.05) is 13.1 Å². The fourth-order valence-electron chi connectivity index (χ4n) is 4.36. The maximum Gasteiger partial charge on any atom is 0.408 e. The summed E-state index contributed by atoms with van der Waals surface area (Å²) in [5.74, 6) is 0.581. The molecule has 1 atom stereocenters. The highest BCUT2D eigenvalue weighted by Crippen LogP contribution is 2.26. The average molecular weight is 504 g/mol. The summed E-state index contributed by atoms with van der Waals surface area (Å²) in [5.41, 5.74) is 0.281. The van der Waals surface area contributed by atoms with Crippen molar-refractivity contribution in [2.45, 2.75) is 103 Å². The number of carbonyl (C=O) groups is 3. The van der Waals surface area contributed by atoms with E-state index in [1.807, 2.05) is 30.3 Å². The first-order valence-electron chi connectivity index (χ1n) is 13.4. The summed E-state index contributed by atoms with van der Waals surface area (Å²) in [6.07, 6.45) is 9.33. The average Bonchev–Trinajstić information content (AvgIpc) is 2.84. The van der Waals surface area contributed by atoms with Gasteiger partial charge in [-0.2, -0.15) is 0 Å². The van der Waals surface area contributed by atoms with Crippen LogP contribution in [0, 0.1) is 5.92 Å². The molecule has 0 saturated heterocycles. The molecule has 0 heterocycles.